The SMILES string of the molecule is CCCNC(CC)Cc1ccccc1S(=O)(=O)C(F)F. The van der Waals surface area contributed by atoms with Gasteiger partial charge in [0.25, 0.3) is 0 Å². The Kier molecular flexibility index (Phi) is 6.55. The number of alkyl halides is 2. The van der Waals surface area contributed by atoms with Gasteiger partial charge in [-0.2, -0.15) is 8.78 Å². The minimum Gasteiger partial charge on any atom is -0.314 e. The number of halogens is 2. The molecule has 1 atom stereocenters. The topological polar surface area (TPSA) is 46.2 Å². The van der Waals surface area contributed by atoms with E-state index in [1.807, 2.05) is 13.8 Å². The quantitative estimate of drug-likeness (QED) is 0.803. The van der Waals surface area contributed by atoms with Gasteiger partial charge in [0, 0.05) is 6.04 Å². The summed E-state index contributed by atoms with van der Waals surface area (Å²) < 4.78 is 48.7. The average molecular weight is 305 g/mol. The van der Waals surface area contributed by atoms with Gasteiger partial charge in [0.2, 0.25) is 9.84 Å². The van der Waals surface area contributed by atoms with E-state index in [-0.39, 0.29) is 10.9 Å². The van der Waals surface area contributed by atoms with Crippen molar-refractivity contribution in [3.8, 4) is 0 Å². The lowest BCUT2D eigenvalue weighted by Crippen LogP contribution is -2.31. The van der Waals surface area contributed by atoms with Crippen molar-refractivity contribution in [2.75, 3.05) is 6.54 Å². The maximum absolute atomic E-state index is 12.7. The van der Waals surface area contributed by atoms with Gasteiger partial charge in [-0.25, -0.2) is 8.42 Å². The Balaban J connectivity index is 3.02. The number of hydrogen-bond acceptors (Lipinski definition) is 3. The van der Waals surface area contributed by atoms with E-state index in [1.165, 1.54) is 12.1 Å². The summed E-state index contributed by atoms with van der Waals surface area (Å²) in [5.74, 6) is -3.38. The van der Waals surface area contributed by atoms with Gasteiger partial charge in [-0.3, -0.25) is 0 Å². The Morgan fingerprint density at radius 3 is 2.40 bits per heavy atom. The van der Waals surface area contributed by atoms with E-state index in [4.69, 9.17) is 0 Å². The highest BCUT2D eigenvalue weighted by molar-refractivity contribution is 7.91. The van der Waals surface area contributed by atoms with E-state index < -0.39 is 15.6 Å². The zero-order valence-electron chi connectivity index (χ0n) is 11.8. The predicted molar refractivity (Wildman–Crippen MR) is 75.7 cm³/mol. The molecular weight excluding hydrogens is 284 g/mol. The average Bonchev–Trinajstić information content (AvgIpc) is 2.43. The number of hydrogen-bond donors (Lipinski definition) is 1. The molecule has 3 nitrogen and oxygen atoms in total. The van der Waals surface area contributed by atoms with Crippen LogP contribution in [0.4, 0.5) is 8.78 Å². The van der Waals surface area contributed by atoms with Crippen LogP contribution in [0.1, 0.15) is 32.3 Å². The Hall–Kier alpha value is -1.01. The van der Waals surface area contributed by atoms with Crippen LogP contribution in [0.2, 0.25) is 0 Å². The number of nitrogens with one attached hydrogen (secondary N) is 1. The summed E-state index contributed by atoms with van der Waals surface area (Å²) in [5, 5.41) is 3.29. The first-order chi connectivity index (χ1) is 9.43. The largest absolute Gasteiger partial charge is 0.341 e. The second-order valence-electron chi connectivity index (χ2n) is 4.68. The van der Waals surface area contributed by atoms with Crippen LogP contribution in [0.5, 0.6) is 0 Å². The summed E-state index contributed by atoms with van der Waals surface area (Å²) in [4.78, 5) is -0.258. The lowest BCUT2D eigenvalue weighted by molar-refractivity contribution is 0.234. The molecule has 0 radical (unpaired) electrons. The molecule has 0 aliphatic rings. The van der Waals surface area contributed by atoms with Crippen LogP contribution >= 0.6 is 0 Å². The first-order valence-corrected chi connectivity index (χ1v) is 8.31. The van der Waals surface area contributed by atoms with Crippen LogP contribution in [-0.4, -0.2) is 26.8 Å². The highest BCUT2D eigenvalue weighted by Crippen LogP contribution is 2.23. The monoisotopic (exact) mass is 305 g/mol. The van der Waals surface area contributed by atoms with Crippen molar-refractivity contribution in [2.45, 2.75) is 49.8 Å². The summed E-state index contributed by atoms with van der Waals surface area (Å²) >= 11 is 0. The molecule has 0 saturated carbocycles. The summed E-state index contributed by atoms with van der Waals surface area (Å²) in [5.41, 5.74) is 0.447. The first kappa shape index (κ1) is 17.0. The van der Waals surface area contributed by atoms with Crippen molar-refractivity contribution in [3.05, 3.63) is 29.8 Å². The van der Waals surface area contributed by atoms with Crippen molar-refractivity contribution in [1.82, 2.24) is 5.32 Å². The van der Waals surface area contributed by atoms with Crippen LogP contribution in [0, 0.1) is 0 Å². The molecule has 114 valence electrons. The van der Waals surface area contributed by atoms with Gasteiger partial charge >= 0.3 is 5.76 Å². The molecule has 0 fully saturated rings. The molecule has 0 heterocycles. The molecule has 6 heteroatoms. The van der Waals surface area contributed by atoms with Crippen molar-refractivity contribution in [1.29, 1.82) is 0 Å². The van der Waals surface area contributed by atoms with Crippen LogP contribution < -0.4 is 5.32 Å². The predicted octanol–water partition coefficient (Wildman–Crippen LogP) is 3.00. The fourth-order valence-electron chi connectivity index (χ4n) is 2.02. The molecule has 0 saturated heterocycles. The minimum absolute atomic E-state index is 0.0870. The molecule has 0 bridgehead atoms. The van der Waals surface area contributed by atoms with Crippen molar-refractivity contribution < 1.29 is 17.2 Å². The van der Waals surface area contributed by atoms with Crippen molar-refractivity contribution in [2.24, 2.45) is 0 Å². The Morgan fingerprint density at radius 1 is 1.20 bits per heavy atom. The molecule has 0 amide bonds. The van der Waals surface area contributed by atoms with Gasteiger partial charge in [-0.05, 0) is 37.4 Å². The van der Waals surface area contributed by atoms with Gasteiger partial charge in [0.15, 0.2) is 0 Å². The van der Waals surface area contributed by atoms with Crippen LogP contribution in [0.15, 0.2) is 29.2 Å². The van der Waals surface area contributed by atoms with Gasteiger partial charge in [-0.1, -0.05) is 32.0 Å². The maximum atomic E-state index is 12.7. The Labute approximate surface area is 119 Å². The van der Waals surface area contributed by atoms with Crippen molar-refractivity contribution >= 4 is 9.84 Å². The normalized spacial score (nSPS) is 13.7. The molecule has 1 rings (SSSR count). The molecule has 0 aliphatic carbocycles. The van der Waals surface area contributed by atoms with Crippen molar-refractivity contribution in [3.63, 3.8) is 0 Å². The van der Waals surface area contributed by atoms with Gasteiger partial charge in [0.05, 0.1) is 4.90 Å². The summed E-state index contributed by atoms with van der Waals surface area (Å²) in [6.07, 6.45) is 2.20. The molecule has 1 aromatic rings. The van der Waals surface area contributed by atoms with E-state index in [2.05, 4.69) is 5.32 Å². The zero-order valence-corrected chi connectivity index (χ0v) is 12.6. The third kappa shape index (κ3) is 4.24. The molecule has 0 aliphatic heterocycles. The smallest absolute Gasteiger partial charge is 0.314 e. The van der Waals surface area contributed by atoms with E-state index in [0.29, 0.717) is 12.0 Å². The Bertz CT molecular complexity index is 518. The van der Waals surface area contributed by atoms with E-state index in [9.17, 15) is 17.2 Å². The van der Waals surface area contributed by atoms with E-state index in [0.717, 1.165) is 19.4 Å². The molecule has 1 N–H and O–H groups in total. The molecule has 1 aromatic carbocycles. The van der Waals surface area contributed by atoms with Gasteiger partial charge in [-0.15, -0.1) is 0 Å². The minimum atomic E-state index is -4.54. The highest BCUT2D eigenvalue weighted by atomic mass is 32.2. The third-order valence-corrected chi connectivity index (χ3v) is 4.64. The summed E-state index contributed by atoms with van der Waals surface area (Å²) in [6, 6.07) is 6.09. The number of benzene rings is 1. The first-order valence-electron chi connectivity index (χ1n) is 6.76. The van der Waals surface area contributed by atoms with E-state index in [1.54, 1.807) is 12.1 Å². The lowest BCUT2D eigenvalue weighted by atomic mass is 10.0. The molecule has 0 spiro atoms. The summed E-state index contributed by atoms with van der Waals surface area (Å²) in [6.45, 7) is 4.84. The highest BCUT2D eigenvalue weighted by Gasteiger charge is 2.29. The number of rotatable bonds is 8. The fourth-order valence-corrected chi connectivity index (χ4v) is 3.00. The molecule has 0 aromatic heterocycles. The summed E-state index contributed by atoms with van der Waals surface area (Å²) in [7, 11) is -4.54. The Morgan fingerprint density at radius 2 is 1.85 bits per heavy atom. The van der Waals surface area contributed by atoms with Crippen LogP contribution in [0.25, 0.3) is 0 Å². The van der Waals surface area contributed by atoms with Crippen LogP contribution in [0.3, 0.4) is 0 Å². The fraction of sp³-hybridized carbons (Fsp3) is 0.571. The second-order valence-corrected chi connectivity index (χ2v) is 6.56. The van der Waals surface area contributed by atoms with E-state index >= 15 is 0 Å². The second kappa shape index (κ2) is 7.69. The lowest BCUT2D eigenvalue weighted by Gasteiger charge is -2.18. The molecule has 20 heavy (non-hydrogen) atoms. The van der Waals surface area contributed by atoms with Gasteiger partial charge < -0.3 is 5.32 Å². The number of sulfone groups is 1. The van der Waals surface area contributed by atoms with Crippen LogP contribution in [-0.2, 0) is 16.3 Å². The standard InChI is InChI=1S/C14H21F2NO2S/c1-3-9-17-12(4-2)10-11-7-5-6-8-13(11)20(18,19)14(15)16/h5-8,12,14,17H,3-4,9-10H2,1-2H3. The zero-order chi connectivity index (χ0) is 15.2. The molecular formula is C14H21F2NO2S. The third-order valence-electron chi connectivity index (χ3n) is 3.16. The van der Waals surface area contributed by atoms with Gasteiger partial charge in [0.1, 0.15) is 0 Å². The molecule has 1 unspecified atom stereocenters. The maximum Gasteiger partial charge on any atom is 0.341 e.